The van der Waals surface area contributed by atoms with E-state index in [-0.39, 0.29) is 12.3 Å². The van der Waals surface area contributed by atoms with E-state index in [1.165, 1.54) is 19.3 Å². The maximum Gasteiger partial charge on any atom is 0.303 e. The maximum absolute atomic E-state index is 12.0. The summed E-state index contributed by atoms with van der Waals surface area (Å²) in [6, 6.07) is 0. The fourth-order valence-electron chi connectivity index (χ4n) is 3.90. The molecule has 2 N–H and O–H groups in total. The van der Waals surface area contributed by atoms with Crippen molar-refractivity contribution in [1.82, 2.24) is 5.32 Å². The third kappa shape index (κ3) is 3.97. The number of amides is 1. The lowest BCUT2D eigenvalue weighted by molar-refractivity contribution is -0.137. The van der Waals surface area contributed by atoms with Crippen LogP contribution in [-0.2, 0) is 9.59 Å². The van der Waals surface area contributed by atoms with Gasteiger partial charge in [-0.2, -0.15) is 0 Å². The molecule has 2 fully saturated rings. The molecule has 0 aromatic carbocycles. The van der Waals surface area contributed by atoms with Gasteiger partial charge in [0, 0.05) is 18.9 Å². The zero-order valence-electron chi connectivity index (χ0n) is 12.4. The third-order valence-electron chi connectivity index (χ3n) is 5.02. The lowest BCUT2D eigenvalue weighted by Gasteiger charge is -2.15. The Morgan fingerprint density at radius 1 is 1.20 bits per heavy atom. The van der Waals surface area contributed by atoms with Crippen LogP contribution < -0.4 is 5.32 Å². The van der Waals surface area contributed by atoms with Gasteiger partial charge in [-0.05, 0) is 43.4 Å². The van der Waals surface area contributed by atoms with Crippen LogP contribution in [0.4, 0.5) is 0 Å². The number of carbonyl (C=O) groups is 2. The predicted octanol–water partition coefficient (Wildman–Crippen LogP) is 2.82. The van der Waals surface area contributed by atoms with Crippen LogP contribution in [0.3, 0.4) is 0 Å². The van der Waals surface area contributed by atoms with Gasteiger partial charge >= 0.3 is 5.97 Å². The van der Waals surface area contributed by atoms with Crippen LogP contribution in [-0.4, -0.2) is 23.5 Å². The highest BCUT2D eigenvalue weighted by atomic mass is 16.4. The first kappa shape index (κ1) is 15.3. The van der Waals surface area contributed by atoms with E-state index < -0.39 is 5.97 Å². The van der Waals surface area contributed by atoms with E-state index in [2.05, 4.69) is 12.2 Å². The molecule has 2 aliphatic rings. The number of hydrogen-bond donors (Lipinski definition) is 2. The maximum atomic E-state index is 12.0. The van der Waals surface area contributed by atoms with E-state index in [0.717, 1.165) is 25.7 Å². The topological polar surface area (TPSA) is 66.4 Å². The largest absolute Gasteiger partial charge is 0.481 e. The highest BCUT2D eigenvalue weighted by Crippen LogP contribution is 2.57. The molecule has 114 valence electrons. The van der Waals surface area contributed by atoms with E-state index in [9.17, 15) is 9.59 Å². The minimum Gasteiger partial charge on any atom is -0.481 e. The van der Waals surface area contributed by atoms with Crippen molar-refractivity contribution in [1.29, 1.82) is 0 Å². The van der Waals surface area contributed by atoms with E-state index in [0.29, 0.717) is 30.2 Å². The van der Waals surface area contributed by atoms with Crippen LogP contribution in [0.2, 0.25) is 0 Å². The third-order valence-corrected chi connectivity index (χ3v) is 5.02. The first-order chi connectivity index (χ1) is 9.63. The van der Waals surface area contributed by atoms with Gasteiger partial charge in [0.25, 0.3) is 0 Å². The van der Waals surface area contributed by atoms with Crippen molar-refractivity contribution in [3.63, 3.8) is 0 Å². The van der Waals surface area contributed by atoms with Crippen LogP contribution in [0.1, 0.15) is 58.3 Å². The molecular formula is C16H27NO3. The molecule has 0 saturated heterocycles. The molecule has 2 rings (SSSR count). The van der Waals surface area contributed by atoms with Gasteiger partial charge in [0.2, 0.25) is 5.91 Å². The quantitative estimate of drug-likeness (QED) is 0.683. The number of nitrogens with one attached hydrogen (secondary N) is 1. The van der Waals surface area contributed by atoms with Gasteiger partial charge in [-0.25, -0.2) is 0 Å². The van der Waals surface area contributed by atoms with E-state index in [4.69, 9.17) is 5.11 Å². The molecule has 0 heterocycles. The van der Waals surface area contributed by atoms with Gasteiger partial charge in [-0.1, -0.05) is 26.2 Å². The molecule has 0 bridgehead atoms. The number of hydrogen-bond acceptors (Lipinski definition) is 2. The molecular weight excluding hydrogens is 254 g/mol. The fraction of sp³-hybridized carbons (Fsp3) is 0.875. The average Bonchev–Trinajstić information content (AvgIpc) is 2.89. The van der Waals surface area contributed by atoms with Gasteiger partial charge in [-0.15, -0.1) is 0 Å². The Kier molecular flexibility index (Phi) is 5.44. The number of fused-ring (bicyclic) bond motifs is 1. The van der Waals surface area contributed by atoms with E-state index in [1.54, 1.807) is 0 Å². The van der Waals surface area contributed by atoms with Crippen molar-refractivity contribution in [3.05, 3.63) is 0 Å². The number of rotatable bonds is 9. The second-order valence-corrected chi connectivity index (χ2v) is 6.45. The highest BCUT2D eigenvalue weighted by molar-refractivity contribution is 5.82. The molecule has 2 saturated carbocycles. The van der Waals surface area contributed by atoms with Crippen molar-refractivity contribution in [3.8, 4) is 0 Å². The number of carboxylic acid groups (broad SMARTS) is 1. The van der Waals surface area contributed by atoms with E-state index in [1.807, 2.05) is 0 Å². The minimum atomic E-state index is -0.721. The van der Waals surface area contributed by atoms with Gasteiger partial charge in [-0.3, -0.25) is 9.59 Å². The molecule has 0 aromatic rings. The normalized spacial score (nSPS) is 28.8. The zero-order chi connectivity index (χ0) is 14.5. The summed E-state index contributed by atoms with van der Waals surface area (Å²) >= 11 is 0. The minimum absolute atomic E-state index is 0.241. The summed E-state index contributed by atoms with van der Waals surface area (Å²) in [6.45, 7) is 2.83. The van der Waals surface area contributed by atoms with Crippen LogP contribution >= 0.6 is 0 Å². The number of carboxylic acids is 1. The molecule has 0 radical (unpaired) electrons. The van der Waals surface area contributed by atoms with Crippen molar-refractivity contribution in [2.75, 3.05) is 6.54 Å². The molecule has 1 amide bonds. The molecule has 4 heteroatoms. The Labute approximate surface area is 121 Å². The molecule has 0 spiro atoms. The Morgan fingerprint density at radius 3 is 2.50 bits per heavy atom. The highest BCUT2D eigenvalue weighted by Gasteiger charge is 2.56. The second kappa shape index (κ2) is 7.09. The number of aliphatic carboxylic acids is 1. The molecule has 0 aliphatic heterocycles. The van der Waals surface area contributed by atoms with Gasteiger partial charge in [0.05, 0.1) is 0 Å². The summed E-state index contributed by atoms with van der Waals surface area (Å²) < 4.78 is 0. The Balaban J connectivity index is 1.62. The summed E-state index contributed by atoms with van der Waals surface area (Å²) in [5.41, 5.74) is 0. The fourth-order valence-corrected chi connectivity index (χ4v) is 3.90. The summed E-state index contributed by atoms with van der Waals surface area (Å²) in [4.78, 5) is 22.6. The Morgan fingerprint density at radius 2 is 1.90 bits per heavy atom. The summed E-state index contributed by atoms with van der Waals surface area (Å²) in [7, 11) is 0. The van der Waals surface area contributed by atoms with Crippen molar-refractivity contribution >= 4 is 11.9 Å². The Bertz CT molecular complexity index is 346. The van der Waals surface area contributed by atoms with Crippen LogP contribution in [0.25, 0.3) is 0 Å². The zero-order valence-corrected chi connectivity index (χ0v) is 12.4. The van der Waals surface area contributed by atoms with Gasteiger partial charge < -0.3 is 10.4 Å². The molecule has 0 aromatic heterocycles. The lowest BCUT2D eigenvalue weighted by Crippen LogP contribution is -2.28. The molecule has 20 heavy (non-hydrogen) atoms. The van der Waals surface area contributed by atoms with Gasteiger partial charge in [0.15, 0.2) is 0 Å². The van der Waals surface area contributed by atoms with Crippen LogP contribution in [0.5, 0.6) is 0 Å². The first-order valence-corrected chi connectivity index (χ1v) is 8.13. The summed E-state index contributed by atoms with van der Waals surface area (Å²) in [5, 5.41) is 11.8. The summed E-state index contributed by atoms with van der Waals surface area (Å²) in [6.07, 6.45) is 7.78. The average molecular weight is 281 g/mol. The molecule has 3 unspecified atom stereocenters. The molecule has 3 atom stereocenters. The number of carbonyl (C=O) groups excluding carboxylic acids is 1. The SMILES string of the molecule is CCCC(CCNC(=O)C1C2CCCC21)CCC(=O)O. The van der Waals surface area contributed by atoms with Gasteiger partial charge in [0.1, 0.15) is 0 Å². The molecule has 2 aliphatic carbocycles. The Hall–Kier alpha value is -1.06. The molecule has 4 nitrogen and oxygen atoms in total. The smallest absolute Gasteiger partial charge is 0.303 e. The van der Waals surface area contributed by atoms with Crippen LogP contribution in [0.15, 0.2) is 0 Å². The lowest BCUT2D eigenvalue weighted by atomic mass is 9.94. The first-order valence-electron chi connectivity index (χ1n) is 8.13. The standard InChI is InChI=1S/C16H27NO3/c1-2-4-11(7-8-14(18)19)9-10-17-16(20)15-12-5-3-6-13(12)15/h11-13,15H,2-10H2,1H3,(H,17,20)(H,18,19). The van der Waals surface area contributed by atoms with Crippen LogP contribution in [0, 0.1) is 23.7 Å². The van der Waals surface area contributed by atoms with Crippen molar-refractivity contribution in [2.24, 2.45) is 23.7 Å². The summed E-state index contributed by atoms with van der Waals surface area (Å²) in [5.74, 6) is 1.60. The van der Waals surface area contributed by atoms with E-state index >= 15 is 0 Å². The predicted molar refractivity (Wildman–Crippen MR) is 77.2 cm³/mol. The monoisotopic (exact) mass is 281 g/mol. The van der Waals surface area contributed by atoms with Crippen molar-refractivity contribution in [2.45, 2.75) is 58.3 Å². The van der Waals surface area contributed by atoms with Crippen molar-refractivity contribution < 1.29 is 14.7 Å². The second-order valence-electron chi connectivity index (χ2n) is 6.45.